The predicted molar refractivity (Wildman–Crippen MR) is 123 cm³/mol. The van der Waals surface area contributed by atoms with Gasteiger partial charge < -0.3 is 5.32 Å². The van der Waals surface area contributed by atoms with Crippen LogP contribution in [-0.2, 0) is 14.8 Å². The van der Waals surface area contributed by atoms with Crippen molar-refractivity contribution in [2.24, 2.45) is 0 Å². The first-order chi connectivity index (χ1) is 14.2. The second-order valence-corrected chi connectivity index (χ2v) is 9.36. The number of carbonyl (C=O) groups excluding carboxylic acids is 1. The van der Waals surface area contributed by atoms with Crippen molar-refractivity contribution in [3.8, 4) is 11.1 Å². The van der Waals surface area contributed by atoms with Crippen LogP contribution in [-0.4, -0.2) is 26.6 Å². The van der Waals surface area contributed by atoms with E-state index in [0.29, 0.717) is 22.0 Å². The third kappa shape index (κ3) is 4.83. The van der Waals surface area contributed by atoms with Gasteiger partial charge in [-0.25, -0.2) is 8.42 Å². The van der Waals surface area contributed by atoms with Crippen molar-refractivity contribution >= 4 is 38.9 Å². The molecule has 0 saturated heterocycles. The van der Waals surface area contributed by atoms with Crippen molar-refractivity contribution < 1.29 is 13.2 Å². The summed E-state index contributed by atoms with van der Waals surface area (Å²) in [5, 5.41) is 3.28. The lowest BCUT2D eigenvalue weighted by Gasteiger charge is -2.29. The lowest BCUT2D eigenvalue weighted by molar-refractivity contribution is -0.116. The summed E-state index contributed by atoms with van der Waals surface area (Å²) < 4.78 is 26.3. The largest absolute Gasteiger partial charge is 0.324 e. The maximum absolute atomic E-state index is 13.1. The maximum atomic E-state index is 13.1. The molecule has 0 aliphatic carbocycles. The molecular formula is C23H23ClN2O3S. The minimum atomic E-state index is -3.74. The number of hydrogen-bond donors (Lipinski definition) is 1. The van der Waals surface area contributed by atoms with Crippen molar-refractivity contribution in [1.29, 1.82) is 0 Å². The number of halogens is 1. The quantitative estimate of drug-likeness (QED) is 0.576. The molecule has 156 valence electrons. The minimum Gasteiger partial charge on any atom is -0.324 e. The standard InChI is InChI=1S/C23H23ClN2O3S/c1-16-13-14-19(24)15-22(16)26(30(3,28)29)17(2)23(27)25-21-12-8-7-11-20(21)18-9-5-4-6-10-18/h4-15,17H,1-3H3,(H,25,27)/t17-/m1/s1. The van der Waals surface area contributed by atoms with E-state index in [1.54, 1.807) is 38.1 Å². The number of aryl methyl sites for hydroxylation is 1. The Hall–Kier alpha value is -2.83. The highest BCUT2D eigenvalue weighted by Gasteiger charge is 2.30. The van der Waals surface area contributed by atoms with Gasteiger partial charge in [-0.3, -0.25) is 9.10 Å². The number of nitrogens with one attached hydrogen (secondary N) is 1. The third-order valence-electron chi connectivity index (χ3n) is 4.77. The van der Waals surface area contributed by atoms with E-state index in [2.05, 4.69) is 5.32 Å². The lowest BCUT2D eigenvalue weighted by Crippen LogP contribution is -2.45. The average molecular weight is 443 g/mol. The van der Waals surface area contributed by atoms with E-state index in [-0.39, 0.29) is 0 Å². The molecule has 0 aromatic heterocycles. The molecule has 0 bridgehead atoms. The number of rotatable bonds is 6. The van der Waals surface area contributed by atoms with Gasteiger partial charge in [-0.05, 0) is 43.2 Å². The highest BCUT2D eigenvalue weighted by atomic mass is 35.5. The van der Waals surface area contributed by atoms with Gasteiger partial charge in [0.1, 0.15) is 6.04 Å². The normalized spacial score (nSPS) is 12.3. The molecule has 0 aliphatic rings. The van der Waals surface area contributed by atoms with E-state index in [0.717, 1.165) is 21.7 Å². The van der Waals surface area contributed by atoms with Crippen LogP contribution in [0.25, 0.3) is 11.1 Å². The second-order valence-electron chi connectivity index (χ2n) is 7.07. The van der Waals surface area contributed by atoms with Crippen molar-refractivity contribution in [1.82, 2.24) is 0 Å². The number of carbonyl (C=O) groups is 1. The molecule has 3 rings (SSSR count). The first kappa shape index (κ1) is 21.9. The van der Waals surface area contributed by atoms with Gasteiger partial charge in [0.15, 0.2) is 0 Å². The fourth-order valence-corrected chi connectivity index (χ4v) is 4.69. The van der Waals surface area contributed by atoms with Gasteiger partial charge in [-0.1, -0.05) is 66.2 Å². The number of para-hydroxylation sites is 1. The SMILES string of the molecule is Cc1ccc(Cl)cc1N([C@H](C)C(=O)Nc1ccccc1-c1ccccc1)S(C)(=O)=O. The summed E-state index contributed by atoms with van der Waals surface area (Å²) >= 11 is 6.09. The summed E-state index contributed by atoms with van der Waals surface area (Å²) in [4.78, 5) is 13.1. The Bertz CT molecular complexity index is 1160. The topological polar surface area (TPSA) is 66.5 Å². The third-order valence-corrected chi connectivity index (χ3v) is 6.23. The lowest BCUT2D eigenvalue weighted by atomic mass is 10.0. The molecule has 0 unspecified atom stereocenters. The van der Waals surface area contributed by atoms with Crippen LogP contribution in [0.4, 0.5) is 11.4 Å². The summed E-state index contributed by atoms with van der Waals surface area (Å²) in [5.74, 6) is -0.441. The Morgan fingerprint density at radius 3 is 2.30 bits per heavy atom. The zero-order valence-electron chi connectivity index (χ0n) is 17.0. The van der Waals surface area contributed by atoms with E-state index in [9.17, 15) is 13.2 Å². The molecule has 5 nitrogen and oxygen atoms in total. The Kier molecular flexibility index (Phi) is 6.48. The van der Waals surface area contributed by atoms with Crippen LogP contribution in [0.15, 0.2) is 72.8 Å². The number of anilines is 2. The highest BCUT2D eigenvalue weighted by Crippen LogP contribution is 2.30. The number of sulfonamides is 1. The van der Waals surface area contributed by atoms with E-state index in [1.165, 1.54) is 0 Å². The molecule has 0 spiro atoms. The van der Waals surface area contributed by atoms with Gasteiger partial charge in [0.25, 0.3) is 0 Å². The molecule has 0 saturated carbocycles. The molecule has 3 aromatic rings. The van der Waals surface area contributed by atoms with Crippen LogP contribution in [0.3, 0.4) is 0 Å². The van der Waals surface area contributed by atoms with Crippen LogP contribution in [0, 0.1) is 6.92 Å². The van der Waals surface area contributed by atoms with Crippen LogP contribution in [0.1, 0.15) is 12.5 Å². The van der Waals surface area contributed by atoms with E-state index in [1.807, 2.05) is 48.5 Å². The number of amides is 1. The minimum absolute atomic E-state index is 0.379. The molecule has 0 fully saturated rings. The van der Waals surface area contributed by atoms with Gasteiger partial charge in [0.2, 0.25) is 15.9 Å². The van der Waals surface area contributed by atoms with Gasteiger partial charge in [-0.2, -0.15) is 0 Å². The summed E-state index contributed by atoms with van der Waals surface area (Å²) in [5.41, 5.74) is 3.49. The number of nitrogens with zero attached hydrogens (tertiary/aromatic N) is 1. The zero-order valence-corrected chi connectivity index (χ0v) is 18.5. The average Bonchev–Trinajstić information content (AvgIpc) is 2.70. The van der Waals surface area contributed by atoms with Crippen molar-refractivity contribution in [2.45, 2.75) is 19.9 Å². The van der Waals surface area contributed by atoms with Crippen molar-refractivity contribution in [3.63, 3.8) is 0 Å². The van der Waals surface area contributed by atoms with Gasteiger partial charge >= 0.3 is 0 Å². The van der Waals surface area contributed by atoms with E-state index < -0.39 is 22.0 Å². The molecular weight excluding hydrogens is 420 g/mol. The fraction of sp³-hybridized carbons (Fsp3) is 0.174. The Balaban J connectivity index is 1.96. The molecule has 3 aromatic carbocycles. The molecule has 1 amide bonds. The molecule has 30 heavy (non-hydrogen) atoms. The van der Waals surface area contributed by atoms with Gasteiger partial charge in [-0.15, -0.1) is 0 Å². The van der Waals surface area contributed by atoms with Crippen molar-refractivity contribution in [3.05, 3.63) is 83.4 Å². The molecule has 0 aliphatic heterocycles. The van der Waals surface area contributed by atoms with Crippen LogP contribution >= 0.6 is 11.6 Å². The number of hydrogen-bond acceptors (Lipinski definition) is 3. The van der Waals surface area contributed by atoms with Crippen LogP contribution in [0.2, 0.25) is 5.02 Å². The van der Waals surface area contributed by atoms with Crippen molar-refractivity contribution in [2.75, 3.05) is 15.9 Å². The summed E-state index contributed by atoms with van der Waals surface area (Å²) in [6.45, 7) is 3.33. The Labute approximate surface area is 182 Å². The first-order valence-corrected chi connectivity index (χ1v) is 11.6. The zero-order chi connectivity index (χ0) is 21.9. The Morgan fingerprint density at radius 1 is 1.00 bits per heavy atom. The molecule has 7 heteroatoms. The van der Waals surface area contributed by atoms with E-state index >= 15 is 0 Å². The first-order valence-electron chi connectivity index (χ1n) is 9.39. The van der Waals surface area contributed by atoms with E-state index in [4.69, 9.17) is 11.6 Å². The predicted octanol–water partition coefficient (Wildman–Crippen LogP) is 5.11. The van der Waals surface area contributed by atoms with Gasteiger partial charge in [0, 0.05) is 16.3 Å². The second kappa shape index (κ2) is 8.90. The fourth-order valence-electron chi connectivity index (χ4n) is 3.30. The summed E-state index contributed by atoms with van der Waals surface area (Å²) in [6.07, 6.45) is 1.08. The monoisotopic (exact) mass is 442 g/mol. The Morgan fingerprint density at radius 2 is 1.63 bits per heavy atom. The molecule has 0 heterocycles. The summed E-state index contributed by atoms with van der Waals surface area (Å²) in [7, 11) is -3.74. The number of benzene rings is 3. The van der Waals surface area contributed by atoms with Gasteiger partial charge in [0.05, 0.1) is 11.9 Å². The smallest absolute Gasteiger partial charge is 0.248 e. The highest BCUT2D eigenvalue weighted by molar-refractivity contribution is 7.92. The maximum Gasteiger partial charge on any atom is 0.248 e. The molecule has 0 radical (unpaired) electrons. The molecule has 1 atom stereocenters. The van der Waals surface area contributed by atoms with Crippen LogP contribution < -0.4 is 9.62 Å². The van der Waals surface area contributed by atoms with Crippen LogP contribution in [0.5, 0.6) is 0 Å². The molecule has 1 N–H and O–H groups in total. The summed E-state index contributed by atoms with van der Waals surface area (Å²) in [6, 6.07) is 21.1.